The Morgan fingerprint density at radius 1 is 1.04 bits per heavy atom. The van der Waals surface area contributed by atoms with Crippen molar-refractivity contribution in [2.45, 2.75) is 31.2 Å². The highest BCUT2D eigenvalue weighted by atomic mass is 32.2. The third-order valence-corrected chi connectivity index (χ3v) is 5.71. The van der Waals surface area contributed by atoms with Gasteiger partial charge < -0.3 is 5.32 Å². The lowest BCUT2D eigenvalue weighted by molar-refractivity contribution is 0.0953. The van der Waals surface area contributed by atoms with Gasteiger partial charge in [0.1, 0.15) is 0 Å². The van der Waals surface area contributed by atoms with E-state index in [1.54, 1.807) is 61.6 Å². The number of carbonyl (C=O) groups is 1. The molecule has 0 heterocycles. The molecule has 0 saturated carbocycles. The summed E-state index contributed by atoms with van der Waals surface area (Å²) in [6.45, 7) is 2.98. The van der Waals surface area contributed by atoms with Crippen LogP contribution in [-0.2, 0) is 16.6 Å². The average molecular weight is 360 g/mol. The van der Waals surface area contributed by atoms with Gasteiger partial charge in [-0.3, -0.25) is 4.79 Å². The molecule has 0 radical (unpaired) electrons. The van der Waals surface area contributed by atoms with Crippen molar-refractivity contribution in [3.05, 3.63) is 65.7 Å². The zero-order valence-electron chi connectivity index (χ0n) is 14.6. The fourth-order valence-electron chi connectivity index (χ4n) is 2.36. The van der Waals surface area contributed by atoms with Crippen molar-refractivity contribution in [1.29, 1.82) is 0 Å². The molecule has 0 aliphatic rings. The number of unbranched alkanes of at least 4 members (excludes halogenated alkanes) is 1. The van der Waals surface area contributed by atoms with Crippen LogP contribution in [-0.4, -0.2) is 32.2 Å². The van der Waals surface area contributed by atoms with Crippen LogP contribution in [0, 0.1) is 0 Å². The molecule has 0 spiro atoms. The Labute approximate surface area is 149 Å². The first-order valence-corrected chi connectivity index (χ1v) is 9.77. The fourth-order valence-corrected chi connectivity index (χ4v) is 3.54. The van der Waals surface area contributed by atoms with Gasteiger partial charge in [-0.2, -0.15) is 4.31 Å². The quantitative estimate of drug-likeness (QED) is 0.736. The molecule has 134 valence electrons. The van der Waals surface area contributed by atoms with Gasteiger partial charge in [0.2, 0.25) is 10.0 Å². The molecule has 0 aliphatic carbocycles. The number of amides is 1. The van der Waals surface area contributed by atoms with Crippen molar-refractivity contribution in [2.24, 2.45) is 0 Å². The molecule has 0 fully saturated rings. The van der Waals surface area contributed by atoms with Crippen molar-refractivity contribution < 1.29 is 13.2 Å². The number of benzene rings is 2. The first kappa shape index (κ1) is 19.1. The molecule has 6 heteroatoms. The molecule has 1 amide bonds. The highest BCUT2D eigenvalue weighted by Crippen LogP contribution is 2.16. The lowest BCUT2D eigenvalue weighted by Gasteiger charge is -2.17. The molecule has 5 nitrogen and oxygen atoms in total. The van der Waals surface area contributed by atoms with Gasteiger partial charge in [0.25, 0.3) is 5.91 Å². The number of nitrogens with zero attached hydrogens (tertiary/aromatic N) is 1. The van der Waals surface area contributed by atoms with Crippen LogP contribution >= 0.6 is 0 Å². The molecule has 0 aromatic heterocycles. The number of hydrogen-bond acceptors (Lipinski definition) is 3. The van der Waals surface area contributed by atoms with E-state index >= 15 is 0 Å². The van der Waals surface area contributed by atoms with E-state index in [2.05, 4.69) is 12.2 Å². The molecule has 2 aromatic carbocycles. The predicted octanol–water partition coefficient (Wildman–Crippen LogP) is 3.04. The van der Waals surface area contributed by atoms with E-state index in [9.17, 15) is 13.2 Å². The van der Waals surface area contributed by atoms with Gasteiger partial charge in [-0.25, -0.2) is 8.42 Å². The summed E-state index contributed by atoms with van der Waals surface area (Å²) in [5, 5.41) is 2.86. The minimum atomic E-state index is -3.52. The van der Waals surface area contributed by atoms with Gasteiger partial charge in [-0.1, -0.05) is 43.7 Å². The summed E-state index contributed by atoms with van der Waals surface area (Å²) >= 11 is 0. The van der Waals surface area contributed by atoms with Crippen LogP contribution in [0.25, 0.3) is 0 Å². The van der Waals surface area contributed by atoms with Crippen LogP contribution in [0.2, 0.25) is 0 Å². The molecule has 25 heavy (non-hydrogen) atoms. The smallest absolute Gasteiger partial charge is 0.251 e. The third kappa shape index (κ3) is 5.14. The number of hydrogen-bond donors (Lipinski definition) is 1. The Kier molecular flexibility index (Phi) is 6.73. The Balaban J connectivity index is 2.02. The monoisotopic (exact) mass is 360 g/mol. The minimum Gasteiger partial charge on any atom is -0.352 e. The summed E-state index contributed by atoms with van der Waals surface area (Å²) in [5.41, 5.74) is 1.40. The second-order valence-corrected chi connectivity index (χ2v) is 7.93. The summed E-state index contributed by atoms with van der Waals surface area (Å²) < 4.78 is 26.3. The Bertz CT molecular complexity index is 787. The van der Waals surface area contributed by atoms with Crippen LogP contribution in [0.4, 0.5) is 0 Å². The molecule has 0 bridgehead atoms. The Morgan fingerprint density at radius 3 is 2.28 bits per heavy atom. The molecule has 2 aromatic rings. The molecule has 2 rings (SSSR count). The Morgan fingerprint density at radius 2 is 1.68 bits per heavy atom. The number of carbonyl (C=O) groups excluding carboxylic acids is 1. The second-order valence-electron chi connectivity index (χ2n) is 5.88. The van der Waals surface area contributed by atoms with E-state index in [4.69, 9.17) is 0 Å². The van der Waals surface area contributed by atoms with Gasteiger partial charge in [-0.05, 0) is 36.2 Å². The van der Waals surface area contributed by atoms with Crippen LogP contribution < -0.4 is 5.32 Å². The minimum absolute atomic E-state index is 0.106. The largest absolute Gasteiger partial charge is 0.352 e. The average Bonchev–Trinajstić information content (AvgIpc) is 2.63. The van der Waals surface area contributed by atoms with E-state index < -0.39 is 10.0 Å². The van der Waals surface area contributed by atoms with Crippen molar-refractivity contribution in [2.75, 3.05) is 13.6 Å². The molecule has 1 N–H and O–H groups in total. The van der Waals surface area contributed by atoms with E-state index in [-0.39, 0.29) is 17.3 Å². The summed E-state index contributed by atoms with van der Waals surface area (Å²) in [6.07, 6.45) is 1.98. The molecule has 0 saturated heterocycles. The van der Waals surface area contributed by atoms with Gasteiger partial charge >= 0.3 is 0 Å². The van der Waals surface area contributed by atoms with Crippen LogP contribution in [0.3, 0.4) is 0 Å². The third-order valence-electron chi connectivity index (χ3n) is 3.89. The van der Waals surface area contributed by atoms with Crippen molar-refractivity contribution >= 4 is 15.9 Å². The maximum atomic E-state index is 12.5. The van der Waals surface area contributed by atoms with Gasteiger partial charge in [-0.15, -0.1) is 0 Å². The molecule has 0 unspecified atom stereocenters. The van der Waals surface area contributed by atoms with Crippen LogP contribution in [0.1, 0.15) is 35.7 Å². The number of rotatable bonds is 8. The van der Waals surface area contributed by atoms with Crippen molar-refractivity contribution in [3.8, 4) is 0 Å². The SMILES string of the molecule is CCCCNC(=O)c1ccc(CN(C)S(=O)(=O)c2ccccc2)cc1. The van der Waals surface area contributed by atoms with E-state index in [1.165, 1.54) is 4.31 Å². The van der Waals surface area contributed by atoms with Crippen molar-refractivity contribution in [1.82, 2.24) is 9.62 Å². The standard InChI is InChI=1S/C19H24N2O3S/c1-3-4-14-20-19(22)17-12-10-16(11-13-17)15-21(2)25(23,24)18-8-6-5-7-9-18/h5-13H,3-4,14-15H2,1-2H3,(H,20,22). The molecular weight excluding hydrogens is 336 g/mol. The van der Waals surface area contributed by atoms with Gasteiger partial charge in [0.15, 0.2) is 0 Å². The highest BCUT2D eigenvalue weighted by Gasteiger charge is 2.20. The summed E-state index contributed by atoms with van der Waals surface area (Å²) in [5.74, 6) is -0.106. The molecular formula is C19H24N2O3S. The van der Waals surface area contributed by atoms with Crippen molar-refractivity contribution in [3.63, 3.8) is 0 Å². The van der Waals surface area contributed by atoms with E-state index in [0.717, 1.165) is 18.4 Å². The zero-order valence-corrected chi connectivity index (χ0v) is 15.4. The first-order valence-electron chi connectivity index (χ1n) is 8.33. The number of sulfonamides is 1. The first-order chi connectivity index (χ1) is 11.9. The highest BCUT2D eigenvalue weighted by molar-refractivity contribution is 7.89. The lowest BCUT2D eigenvalue weighted by atomic mass is 10.1. The fraction of sp³-hybridized carbons (Fsp3) is 0.316. The predicted molar refractivity (Wildman–Crippen MR) is 98.8 cm³/mol. The second kappa shape index (κ2) is 8.78. The summed E-state index contributed by atoms with van der Waals surface area (Å²) in [7, 11) is -1.98. The van der Waals surface area contributed by atoms with E-state index in [0.29, 0.717) is 12.1 Å². The molecule has 0 aliphatic heterocycles. The van der Waals surface area contributed by atoms with E-state index in [1.807, 2.05) is 0 Å². The van der Waals surface area contributed by atoms with Crippen LogP contribution in [0.5, 0.6) is 0 Å². The normalized spacial score (nSPS) is 11.5. The molecule has 0 atom stereocenters. The van der Waals surface area contributed by atoms with Crippen LogP contribution in [0.15, 0.2) is 59.5 Å². The Hall–Kier alpha value is -2.18. The maximum absolute atomic E-state index is 12.5. The van der Waals surface area contributed by atoms with Gasteiger partial charge in [0.05, 0.1) is 4.90 Å². The lowest BCUT2D eigenvalue weighted by Crippen LogP contribution is -2.26. The summed E-state index contributed by atoms with van der Waals surface area (Å²) in [4.78, 5) is 12.2. The number of nitrogens with one attached hydrogen (secondary N) is 1. The maximum Gasteiger partial charge on any atom is 0.251 e. The zero-order chi connectivity index (χ0) is 18.3. The topological polar surface area (TPSA) is 66.5 Å². The van der Waals surface area contributed by atoms with Gasteiger partial charge in [0, 0.05) is 25.7 Å². The summed E-state index contributed by atoms with van der Waals surface area (Å²) in [6, 6.07) is 15.4.